The average molecular weight is 277 g/mol. The van der Waals surface area contributed by atoms with Gasteiger partial charge in [-0.3, -0.25) is 0 Å². The quantitative estimate of drug-likeness (QED) is 0.835. The number of hydrogen-bond donors (Lipinski definition) is 1. The van der Waals surface area contributed by atoms with Gasteiger partial charge in [-0.2, -0.15) is 0 Å². The van der Waals surface area contributed by atoms with Crippen LogP contribution < -0.4 is 5.73 Å². The Morgan fingerprint density at radius 2 is 2.43 bits per heavy atom. The molecule has 0 saturated heterocycles. The minimum atomic E-state index is 0.0652. The SMILES string of the molecule is COCC(N)CSc1ccc(Br)cn1. The van der Waals surface area contributed by atoms with E-state index in [1.165, 1.54) is 0 Å². The molecule has 0 radical (unpaired) electrons. The lowest BCUT2D eigenvalue weighted by Gasteiger charge is -2.08. The summed E-state index contributed by atoms with van der Waals surface area (Å²) in [5.41, 5.74) is 5.78. The summed E-state index contributed by atoms with van der Waals surface area (Å²) in [6.07, 6.45) is 1.78. The van der Waals surface area contributed by atoms with Crippen molar-refractivity contribution < 1.29 is 4.74 Å². The van der Waals surface area contributed by atoms with E-state index in [-0.39, 0.29) is 6.04 Å². The van der Waals surface area contributed by atoms with Gasteiger partial charge in [-0.25, -0.2) is 4.98 Å². The molecule has 3 nitrogen and oxygen atoms in total. The van der Waals surface area contributed by atoms with Gasteiger partial charge in [-0.1, -0.05) is 0 Å². The van der Waals surface area contributed by atoms with Gasteiger partial charge in [0.1, 0.15) is 0 Å². The summed E-state index contributed by atoms with van der Waals surface area (Å²) in [6.45, 7) is 0.587. The molecule has 0 saturated carbocycles. The molecule has 1 heterocycles. The molecule has 14 heavy (non-hydrogen) atoms. The first kappa shape index (κ1) is 12.0. The van der Waals surface area contributed by atoms with Crippen LogP contribution in [0.5, 0.6) is 0 Å². The summed E-state index contributed by atoms with van der Waals surface area (Å²) in [5.74, 6) is 0.822. The molecule has 78 valence electrons. The fraction of sp³-hybridized carbons (Fsp3) is 0.444. The van der Waals surface area contributed by atoms with Crippen LogP contribution in [0.1, 0.15) is 0 Å². The van der Waals surface area contributed by atoms with Crippen molar-refractivity contribution in [2.24, 2.45) is 5.73 Å². The molecule has 0 aromatic carbocycles. The van der Waals surface area contributed by atoms with Gasteiger partial charge in [0.15, 0.2) is 0 Å². The van der Waals surface area contributed by atoms with E-state index < -0.39 is 0 Å². The molecule has 0 aliphatic carbocycles. The number of nitrogens with two attached hydrogens (primary N) is 1. The van der Waals surface area contributed by atoms with E-state index in [0.717, 1.165) is 15.3 Å². The number of thioether (sulfide) groups is 1. The third-order valence-corrected chi connectivity index (χ3v) is 3.13. The largest absolute Gasteiger partial charge is 0.383 e. The van der Waals surface area contributed by atoms with E-state index in [4.69, 9.17) is 10.5 Å². The first-order valence-electron chi connectivity index (χ1n) is 4.21. The van der Waals surface area contributed by atoms with Crippen LogP contribution in [0.25, 0.3) is 0 Å². The molecule has 0 aliphatic heterocycles. The molecule has 1 unspecified atom stereocenters. The van der Waals surface area contributed by atoms with Crippen molar-refractivity contribution in [2.75, 3.05) is 19.5 Å². The van der Waals surface area contributed by atoms with E-state index >= 15 is 0 Å². The van der Waals surface area contributed by atoms with Crippen LogP contribution >= 0.6 is 27.7 Å². The summed E-state index contributed by atoms with van der Waals surface area (Å²) in [4.78, 5) is 4.23. The van der Waals surface area contributed by atoms with Crippen LogP contribution in [0.3, 0.4) is 0 Å². The first-order valence-corrected chi connectivity index (χ1v) is 5.99. The van der Waals surface area contributed by atoms with E-state index in [2.05, 4.69) is 20.9 Å². The van der Waals surface area contributed by atoms with Gasteiger partial charge in [-0.15, -0.1) is 11.8 Å². The lowest BCUT2D eigenvalue weighted by atomic mass is 10.4. The number of ether oxygens (including phenoxy) is 1. The van der Waals surface area contributed by atoms with Gasteiger partial charge in [0.2, 0.25) is 0 Å². The van der Waals surface area contributed by atoms with Crippen molar-refractivity contribution in [1.29, 1.82) is 0 Å². The number of halogens is 1. The van der Waals surface area contributed by atoms with Crippen LogP contribution in [-0.2, 0) is 4.74 Å². The summed E-state index contributed by atoms with van der Waals surface area (Å²) in [5, 5.41) is 0.986. The Balaban J connectivity index is 2.34. The normalized spacial score (nSPS) is 12.8. The number of rotatable bonds is 5. The monoisotopic (exact) mass is 276 g/mol. The summed E-state index contributed by atoms with van der Waals surface area (Å²) in [7, 11) is 1.66. The molecule has 1 rings (SSSR count). The number of hydrogen-bond acceptors (Lipinski definition) is 4. The highest BCUT2D eigenvalue weighted by Gasteiger charge is 2.03. The second-order valence-corrected chi connectivity index (χ2v) is 4.80. The van der Waals surface area contributed by atoms with Crippen molar-refractivity contribution in [3.8, 4) is 0 Å². The first-order chi connectivity index (χ1) is 6.72. The molecular weight excluding hydrogens is 264 g/mol. The number of pyridine rings is 1. The summed E-state index contributed by atoms with van der Waals surface area (Å²) >= 11 is 4.97. The molecule has 0 spiro atoms. The molecule has 0 aliphatic rings. The molecular formula is C9H13BrN2OS. The Labute approximate surface area is 96.6 Å². The highest BCUT2D eigenvalue weighted by atomic mass is 79.9. The van der Waals surface area contributed by atoms with Crippen molar-refractivity contribution in [1.82, 2.24) is 4.98 Å². The highest BCUT2D eigenvalue weighted by molar-refractivity contribution is 9.10. The molecule has 2 N–H and O–H groups in total. The van der Waals surface area contributed by atoms with Crippen molar-refractivity contribution >= 4 is 27.7 Å². The van der Waals surface area contributed by atoms with Gasteiger partial charge in [0.05, 0.1) is 11.6 Å². The maximum absolute atomic E-state index is 5.78. The number of nitrogens with zero attached hydrogens (tertiary/aromatic N) is 1. The predicted molar refractivity (Wildman–Crippen MR) is 62.5 cm³/mol. The van der Waals surface area contributed by atoms with E-state index in [1.807, 2.05) is 12.1 Å². The lowest BCUT2D eigenvalue weighted by molar-refractivity contribution is 0.186. The standard InChI is InChI=1S/C9H13BrN2OS/c1-13-5-8(11)6-14-9-3-2-7(10)4-12-9/h2-4,8H,5-6,11H2,1H3. The Morgan fingerprint density at radius 3 is 3.00 bits per heavy atom. The lowest BCUT2D eigenvalue weighted by Crippen LogP contribution is -2.28. The van der Waals surface area contributed by atoms with Crippen LogP contribution in [0.4, 0.5) is 0 Å². The fourth-order valence-electron chi connectivity index (χ4n) is 0.902. The maximum atomic E-state index is 5.78. The second-order valence-electron chi connectivity index (χ2n) is 2.84. The van der Waals surface area contributed by atoms with E-state index in [1.54, 1.807) is 25.1 Å². The molecule has 1 atom stereocenters. The second kappa shape index (κ2) is 6.40. The summed E-state index contributed by atoms with van der Waals surface area (Å²) < 4.78 is 5.93. The molecule has 0 amide bonds. The van der Waals surface area contributed by atoms with Gasteiger partial charge in [0, 0.05) is 29.6 Å². The van der Waals surface area contributed by atoms with Gasteiger partial charge < -0.3 is 10.5 Å². The van der Waals surface area contributed by atoms with E-state index in [0.29, 0.717) is 6.61 Å². The van der Waals surface area contributed by atoms with Crippen molar-refractivity contribution in [3.63, 3.8) is 0 Å². The molecule has 0 fully saturated rings. The molecule has 1 aromatic rings. The molecule has 1 aromatic heterocycles. The Bertz CT molecular complexity index is 268. The van der Waals surface area contributed by atoms with Gasteiger partial charge in [0.25, 0.3) is 0 Å². The summed E-state index contributed by atoms with van der Waals surface area (Å²) in [6, 6.07) is 4.00. The van der Waals surface area contributed by atoms with Crippen LogP contribution in [0, 0.1) is 0 Å². The van der Waals surface area contributed by atoms with Crippen LogP contribution in [-0.4, -0.2) is 30.5 Å². The minimum Gasteiger partial charge on any atom is -0.383 e. The van der Waals surface area contributed by atoms with Crippen LogP contribution in [0.2, 0.25) is 0 Å². The van der Waals surface area contributed by atoms with Gasteiger partial charge >= 0.3 is 0 Å². The smallest absolute Gasteiger partial charge is 0.0961 e. The van der Waals surface area contributed by atoms with Crippen LogP contribution in [0.15, 0.2) is 27.8 Å². The predicted octanol–water partition coefficient (Wildman–Crippen LogP) is 1.91. The third-order valence-electron chi connectivity index (χ3n) is 1.53. The Hall–Kier alpha value is -0.100. The zero-order chi connectivity index (χ0) is 10.4. The average Bonchev–Trinajstić information content (AvgIpc) is 2.17. The topological polar surface area (TPSA) is 48.1 Å². The minimum absolute atomic E-state index is 0.0652. The molecule has 0 bridgehead atoms. The maximum Gasteiger partial charge on any atom is 0.0961 e. The third kappa shape index (κ3) is 4.41. The fourth-order valence-corrected chi connectivity index (χ4v) is 1.91. The van der Waals surface area contributed by atoms with Gasteiger partial charge in [-0.05, 0) is 28.1 Å². The number of aromatic nitrogens is 1. The number of methoxy groups -OCH3 is 1. The van der Waals surface area contributed by atoms with E-state index in [9.17, 15) is 0 Å². The Morgan fingerprint density at radius 1 is 1.64 bits per heavy atom. The van der Waals surface area contributed by atoms with Crippen molar-refractivity contribution in [2.45, 2.75) is 11.1 Å². The highest BCUT2D eigenvalue weighted by Crippen LogP contribution is 2.17. The zero-order valence-electron chi connectivity index (χ0n) is 7.94. The Kier molecular flexibility index (Phi) is 5.47. The zero-order valence-corrected chi connectivity index (χ0v) is 10.3. The van der Waals surface area contributed by atoms with Crippen molar-refractivity contribution in [3.05, 3.63) is 22.8 Å². The molecule has 5 heteroatoms.